The van der Waals surface area contributed by atoms with E-state index in [9.17, 15) is 4.79 Å². The molecule has 9 heteroatoms. The fraction of sp³-hybridized carbons (Fsp3) is 0.450. The molecule has 0 atom stereocenters. The summed E-state index contributed by atoms with van der Waals surface area (Å²) in [6, 6.07) is 5.73. The van der Waals surface area contributed by atoms with Crippen LogP contribution in [0, 0.1) is 0 Å². The number of nitrogens with zero attached hydrogens (tertiary/aromatic N) is 4. The van der Waals surface area contributed by atoms with Gasteiger partial charge in [0.05, 0.1) is 19.8 Å². The topological polar surface area (TPSA) is 89.1 Å². The molecule has 0 spiro atoms. The number of anilines is 3. The Kier molecular flexibility index (Phi) is 4.39. The molecule has 152 valence electrons. The van der Waals surface area contributed by atoms with Crippen molar-refractivity contribution >= 4 is 23.4 Å². The van der Waals surface area contributed by atoms with Gasteiger partial charge in [-0.25, -0.2) is 4.98 Å². The summed E-state index contributed by atoms with van der Waals surface area (Å²) in [5.41, 5.74) is 2.11. The summed E-state index contributed by atoms with van der Waals surface area (Å²) in [4.78, 5) is 26.2. The summed E-state index contributed by atoms with van der Waals surface area (Å²) >= 11 is 0. The Bertz CT molecular complexity index is 958. The van der Waals surface area contributed by atoms with Crippen molar-refractivity contribution in [3.63, 3.8) is 0 Å². The minimum Gasteiger partial charge on any atom is -0.454 e. The molecule has 3 aliphatic rings. The second-order valence-corrected chi connectivity index (χ2v) is 7.52. The van der Waals surface area contributed by atoms with Crippen LogP contribution >= 0.6 is 0 Å². The maximum Gasteiger partial charge on any atom is 0.273 e. The van der Waals surface area contributed by atoms with E-state index in [2.05, 4.69) is 15.2 Å². The minimum atomic E-state index is -0.0550. The second-order valence-electron chi connectivity index (χ2n) is 7.52. The van der Waals surface area contributed by atoms with E-state index in [1.54, 1.807) is 0 Å². The van der Waals surface area contributed by atoms with Crippen molar-refractivity contribution in [2.75, 3.05) is 43.3 Å². The lowest BCUT2D eigenvalue weighted by Crippen LogP contribution is -2.37. The number of benzene rings is 1. The smallest absolute Gasteiger partial charge is 0.273 e. The predicted molar refractivity (Wildman–Crippen MR) is 106 cm³/mol. The van der Waals surface area contributed by atoms with Crippen molar-refractivity contribution in [2.45, 2.75) is 26.4 Å². The molecule has 0 bridgehead atoms. The van der Waals surface area contributed by atoms with E-state index in [4.69, 9.17) is 19.2 Å². The number of amides is 1. The lowest BCUT2D eigenvalue weighted by atomic mass is 10.2. The molecule has 9 nitrogen and oxygen atoms in total. The molecular formula is C20H23N5O4. The number of carbonyl (C=O) groups excluding carboxylic acids is 1. The van der Waals surface area contributed by atoms with Gasteiger partial charge in [0, 0.05) is 36.4 Å². The molecule has 3 aliphatic heterocycles. The van der Waals surface area contributed by atoms with E-state index in [1.807, 2.05) is 36.9 Å². The number of rotatable bonds is 4. The third kappa shape index (κ3) is 3.21. The van der Waals surface area contributed by atoms with Gasteiger partial charge in [0.1, 0.15) is 11.5 Å². The molecule has 4 heterocycles. The molecule has 0 saturated carbocycles. The zero-order valence-electron chi connectivity index (χ0n) is 16.5. The van der Waals surface area contributed by atoms with Crippen LogP contribution in [0.3, 0.4) is 0 Å². The van der Waals surface area contributed by atoms with Crippen LogP contribution in [0.15, 0.2) is 18.2 Å². The van der Waals surface area contributed by atoms with Crippen molar-refractivity contribution in [3.8, 4) is 11.5 Å². The van der Waals surface area contributed by atoms with Crippen LogP contribution in [0.2, 0.25) is 0 Å². The van der Waals surface area contributed by atoms with Gasteiger partial charge >= 0.3 is 0 Å². The first-order valence-electron chi connectivity index (χ1n) is 9.81. The van der Waals surface area contributed by atoms with Gasteiger partial charge in [0.2, 0.25) is 12.7 Å². The van der Waals surface area contributed by atoms with E-state index < -0.39 is 0 Å². The molecule has 0 aliphatic carbocycles. The second kappa shape index (κ2) is 7.07. The van der Waals surface area contributed by atoms with Gasteiger partial charge in [0.15, 0.2) is 11.5 Å². The predicted octanol–water partition coefficient (Wildman–Crippen LogP) is 2.15. The van der Waals surface area contributed by atoms with E-state index in [1.165, 1.54) is 0 Å². The average Bonchev–Trinajstić information content (AvgIpc) is 3.33. The molecule has 1 N–H and O–H groups in total. The quantitative estimate of drug-likeness (QED) is 0.840. The largest absolute Gasteiger partial charge is 0.454 e. The normalized spacial score (nSPS) is 17.8. The Labute approximate surface area is 168 Å². The van der Waals surface area contributed by atoms with Gasteiger partial charge in [-0.2, -0.15) is 4.98 Å². The molecule has 1 fully saturated rings. The zero-order chi connectivity index (χ0) is 20.0. The van der Waals surface area contributed by atoms with Crippen LogP contribution in [-0.4, -0.2) is 59.9 Å². The van der Waals surface area contributed by atoms with Crippen LogP contribution < -0.4 is 19.7 Å². The van der Waals surface area contributed by atoms with Crippen LogP contribution in [0.4, 0.5) is 17.5 Å². The van der Waals surface area contributed by atoms with E-state index in [0.717, 1.165) is 17.0 Å². The van der Waals surface area contributed by atoms with Crippen molar-refractivity contribution in [3.05, 3.63) is 29.5 Å². The summed E-state index contributed by atoms with van der Waals surface area (Å²) in [6.07, 6.45) is 0. The molecular weight excluding hydrogens is 374 g/mol. The molecule has 2 aromatic rings. The third-order valence-corrected chi connectivity index (χ3v) is 5.34. The van der Waals surface area contributed by atoms with Crippen molar-refractivity contribution in [2.24, 2.45) is 0 Å². The Morgan fingerprint density at radius 3 is 2.69 bits per heavy atom. The standard InChI is InChI=1S/C20H23N5O4/c1-12(2)25-10-14-17(19(25)26)22-20(24-5-7-27-8-6-24)23-18(14)21-13-3-4-15-16(9-13)29-11-28-15/h3-4,9,12H,5-8,10-11H2,1-2H3,(H,21,22,23). The van der Waals surface area contributed by atoms with Crippen LogP contribution in [0.5, 0.6) is 11.5 Å². The Balaban J connectivity index is 1.53. The molecule has 29 heavy (non-hydrogen) atoms. The third-order valence-electron chi connectivity index (χ3n) is 5.34. The summed E-state index contributed by atoms with van der Waals surface area (Å²) in [5.74, 6) is 2.55. The first-order valence-corrected chi connectivity index (χ1v) is 9.81. The van der Waals surface area contributed by atoms with Gasteiger partial charge in [-0.1, -0.05) is 0 Å². The Morgan fingerprint density at radius 2 is 1.90 bits per heavy atom. The fourth-order valence-electron chi connectivity index (χ4n) is 3.71. The highest BCUT2D eigenvalue weighted by Gasteiger charge is 2.35. The number of fused-ring (bicyclic) bond motifs is 2. The first kappa shape index (κ1) is 18.0. The molecule has 1 amide bonds. The fourth-order valence-corrected chi connectivity index (χ4v) is 3.71. The highest BCUT2D eigenvalue weighted by atomic mass is 16.7. The highest BCUT2D eigenvalue weighted by molar-refractivity contribution is 5.98. The number of morpholine rings is 1. The van der Waals surface area contributed by atoms with E-state index in [-0.39, 0.29) is 18.7 Å². The van der Waals surface area contributed by atoms with Gasteiger partial charge in [-0.05, 0) is 26.0 Å². The van der Waals surface area contributed by atoms with Gasteiger partial charge < -0.3 is 29.3 Å². The number of carbonyl (C=O) groups is 1. The lowest BCUT2D eigenvalue weighted by molar-refractivity contribution is 0.0726. The van der Waals surface area contributed by atoms with E-state index >= 15 is 0 Å². The highest BCUT2D eigenvalue weighted by Crippen LogP contribution is 2.37. The number of hydrogen-bond acceptors (Lipinski definition) is 8. The zero-order valence-corrected chi connectivity index (χ0v) is 16.5. The Morgan fingerprint density at radius 1 is 1.10 bits per heavy atom. The lowest BCUT2D eigenvalue weighted by Gasteiger charge is -2.27. The average molecular weight is 397 g/mol. The molecule has 0 radical (unpaired) electrons. The molecule has 1 aromatic heterocycles. The number of ether oxygens (including phenoxy) is 3. The monoisotopic (exact) mass is 397 g/mol. The SMILES string of the molecule is CC(C)N1Cc2c(Nc3ccc4c(c3)OCO4)nc(N3CCOCC3)nc2C1=O. The van der Waals surface area contributed by atoms with Gasteiger partial charge in [0.25, 0.3) is 5.91 Å². The number of aromatic nitrogens is 2. The minimum absolute atomic E-state index is 0.0550. The van der Waals surface area contributed by atoms with Crippen molar-refractivity contribution in [1.29, 1.82) is 0 Å². The molecule has 1 saturated heterocycles. The number of nitrogens with one attached hydrogen (secondary N) is 1. The number of hydrogen-bond donors (Lipinski definition) is 1. The van der Waals surface area contributed by atoms with Gasteiger partial charge in [-0.15, -0.1) is 0 Å². The first-order chi connectivity index (χ1) is 14.1. The van der Waals surface area contributed by atoms with E-state index in [0.29, 0.717) is 56.1 Å². The van der Waals surface area contributed by atoms with Crippen LogP contribution in [0.1, 0.15) is 29.9 Å². The van der Waals surface area contributed by atoms with Crippen molar-refractivity contribution < 1.29 is 19.0 Å². The Hall–Kier alpha value is -3.07. The molecule has 0 unspecified atom stereocenters. The molecule has 1 aromatic carbocycles. The summed E-state index contributed by atoms with van der Waals surface area (Å²) in [7, 11) is 0. The summed E-state index contributed by atoms with van der Waals surface area (Å²) in [5, 5.41) is 3.37. The molecule has 5 rings (SSSR count). The van der Waals surface area contributed by atoms with Crippen molar-refractivity contribution in [1.82, 2.24) is 14.9 Å². The maximum absolute atomic E-state index is 13.0. The summed E-state index contributed by atoms with van der Waals surface area (Å²) in [6.45, 7) is 7.36. The van der Waals surface area contributed by atoms with Crippen LogP contribution in [-0.2, 0) is 11.3 Å². The van der Waals surface area contributed by atoms with Gasteiger partial charge in [-0.3, -0.25) is 4.79 Å². The van der Waals surface area contributed by atoms with Crippen LogP contribution in [0.25, 0.3) is 0 Å². The summed E-state index contributed by atoms with van der Waals surface area (Å²) < 4.78 is 16.3. The maximum atomic E-state index is 13.0.